The van der Waals surface area contributed by atoms with Crippen molar-refractivity contribution in [3.63, 3.8) is 0 Å². The number of anilines is 1. The fourth-order valence-electron chi connectivity index (χ4n) is 2.71. The van der Waals surface area contributed by atoms with Gasteiger partial charge in [0.25, 0.3) is 5.91 Å². The number of amides is 1. The van der Waals surface area contributed by atoms with E-state index in [4.69, 9.17) is 0 Å². The minimum atomic E-state index is -4.36. The smallest absolute Gasteiger partial charge is 0.370 e. The van der Waals surface area contributed by atoms with Gasteiger partial charge >= 0.3 is 6.18 Å². The number of nitrogens with one attached hydrogen (secondary N) is 1. The highest BCUT2D eigenvalue weighted by Crippen LogP contribution is 2.17. The number of carbonyl (C=O) groups is 1. The summed E-state index contributed by atoms with van der Waals surface area (Å²) in [6, 6.07) is 2.97. The summed E-state index contributed by atoms with van der Waals surface area (Å²) in [5.74, 6) is 0.470. The van der Waals surface area contributed by atoms with Crippen LogP contribution in [-0.2, 0) is 4.74 Å². The van der Waals surface area contributed by atoms with Crippen LogP contribution in [-0.4, -0.2) is 49.4 Å². The largest absolute Gasteiger partial charge is 0.411 e. The number of hydrogen-bond acceptors (Lipinski definition) is 4. The van der Waals surface area contributed by atoms with Gasteiger partial charge in [-0.2, -0.15) is 13.2 Å². The molecule has 0 unspecified atom stereocenters. The van der Waals surface area contributed by atoms with Crippen LogP contribution in [0.3, 0.4) is 0 Å². The second-order valence-corrected chi connectivity index (χ2v) is 6.31. The Morgan fingerprint density at radius 1 is 1.28 bits per heavy atom. The summed E-state index contributed by atoms with van der Waals surface area (Å²) in [6.45, 7) is 2.00. The zero-order valence-electron chi connectivity index (χ0n) is 14.3. The van der Waals surface area contributed by atoms with Crippen molar-refractivity contribution in [3.05, 3.63) is 23.9 Å². The zero-order chi connectivity index (χ0) is 18.3. The number of halogens is 3. The third kappa shape index (κ3) is 6.89. The molecule has 0 spiro atoms. The molecule has 2 heterocycles. The van der Waals surface area contributed by atoms with Crippen molar-refractivity contribution in [2.45, 2.75) is 44.8 Å². The molecule has 1 aliphatic heterocycles. The van der Waals surface area contributed by atoms with E-state index in [1.54, 1.807) is 13.0 Å². The van der Waals surface area contributed by atoms with Crippen LogP contribution in [0.2, 0.25) is 0 Å². The first-order valence-electron chi connectivity index (χ1n) is 8.51. The number of hydrogen-bond donors (Lipinski definition) is 1. The molecule has 1 aromatic rings. The molecule has 0 aromatic carbocycles. The average Bonchev–Trinajstić information content (AvgIpc) is 2.83. The van der Waals surface area contributed by atoms with Gasteiger partial charge in [-0.25, -0.2) is 4.98 Å². The Kier molecular flexibility index (Phi) is 7.04. The normalized spacial score (nSPS) is 17.0. The van der Waals surface area contributed by atoms with E-state index in [9.17, 15) is 18.0 Å². The molecular weight excluding hydrogens is 335 g/mol. The van der Waals surface area contributed by atoms with Crippen LogP contribution >= 0.6 is 0 Å². The number of alkyl halides is 3. The summed E-state index contributed by atoms with van der Waals surface area (Å²) in [4.78, 5) is 18.7. The summed E-state index contributed by atoms with van der Waals surface area (Å²) < 4.78 is 40.6. The Morgan fingerprint density at radius 2 is 1.96 bits per heavy atom. The fraction of sp³-hybridized carbons (Fsp3) is 0.647. The minimum Gasteiger partial charge on any atom is -0.370 e. The Morgan fingerprint density at radius 3 is 2.52 bits per heavy atom. The SMILES string of the molecule is C[C@@H](COCC(F)(F)F)NC(=O)c1ccc(N2CCCCCC2)nc1. The van der Waals surface area contributed by atoms with Crippen LogP contribution in [0, 0.1) is 0 Å². The van der Waals surface area contributed by atoms with E-state index in [0.29, 0.717) is 5.56 Å². The first kappa shape index (κ1) is 19.5. The molecule has 8 heteroatoms. The van der Waals surface area contributed by atoms with E-state index in [2.05, 4.69) is 19.9 Å². The number of pyridine rings is 1. The molecule has 1 aliphatic rings. The second kappa shape index (κ2) is 9.03. The first-order valence-corrected chi connectivity index (χ1v) is 8.51. The van der Waals surface area contributed by atoms with Gasteiger partial charge in [0.15, 0.2) is 0 Å². The molecule has 0 radical (unpaired) electrons. The number of rotatable bonds is 6. The average molecular weight is 359 g/mol. The quantitative estimate of drug-likeness (QED) is 0.848. The standard InChI is InChI=1S/C17H24F3N3O2/c1-13(11-25-12-17(18,19)20)22-16(24)14-6-7-15(21-10-14)23-8-4-2-3-5-9-23/h6-7,10,13H,2-5,8-9,11-12H2,1H3,(H,22,24)/t13-/m0/s1. The topological polar surface area (TPSA) is 54.5 Å². The summed E-state index contributed by atoms with van der Waals surface area (Å²) in [7, 11) is 0. The molecule has 5 nitrogen and oxygen atoms in total. The van der Waals surface area contributed by atoms with Crippen molar-refractivity contribution in [3.8, 4) is 0 Å². The molecule has 0 bridgehead atoms. The molecule has 2 rings (SSSR count). The molecule has 1 atom stereocenters. The summed E-state index contributed by atoms with van der Waals surface area (Å²) in [6.07, 6.45) is 1.87. The van der Waals surface area contributed by atoms with Gasteiger partial charge in [-0.15, -0.1) is 0 Å². The van der Waals surface area contributed by atoms with E-state index in [-0.39, 0.29) is 12.5 Å². The Hall–Kier alpha value is -1.83. The van der Waals surface area contributed by atoms with E-state index in [1.165, 1.54) is 19.0 Å². The Balaban J connectivity index is 1.83. The number of carbonyl (C=O) groups excluding carboxylic acids is 1. The Bertz CT molecular complexity index is 541. The summed E-state index contributed by atoms with van der Waals surface area (Å²) >= 11 is 0. The van der Waals surface area contributed by atoms with Gasteiger partial charge in [-0.1, -0.05) is 12.8 Å². The number of nitrogens with zero attached hydrogens (tertiary/aromatic N) is 2. The molecule has 1 saturated heterocycles. The predicted octanol–water partition coefficient (Wildman–Crippen LogP) is 3.16. The molecule has 1 N–H and O–H groups in total. The lowest BCUT2D eigenvalue weighted by Crippen LogP contribution is -2.37. The van der Waals surface area contributed by atoms with Crippen LogP contribution in [0.4, 0.5) is 19.0 Å². The van der Waals surface area contributed by atoms with Crippen molar-refractivity contribution < 1.29 is 22.7 Å². The molecular formula is C17H24F3N3O2. The minimum absolute atomic E-state index is 0.204. The third-order valence-electron chi connectivity index (χ3n) is 3.95. The lowest BCUT2D eigenvalue weighted by atomic mass is 10.2. The molecule has 1 aromatic heterocycles. The van der Waals surface area contributed by atoms with Crippen molar-refractivity contribution in [2.75, 3.05) is 31.2 Å². The van der Waals surface area contributed by atoms with Crippen LogP contribution < -0.4 is 10.2 Å². The second-order valence-electron chi connectivity index (χ2n) is 6.31. The van der Waals surface area contributed by atoms with Crippen LogP contribution in [0.15, 0.2) is 18.3 Å². The summed E-state index contributed by atoms with van der Waals surface area (Å²) in [5.41, 5.74) is 0.376. The van der Waals surface area contributed by atoms with Gasteiger partial charge in [0.05, 0.1) is 12.2 Å². The van der Waals surface area contributed by atoms with Gasteiger partial charge in [-0.05, 0) is 31.9 Å². The predicted molar refractivity (Wildman–Crippen MR) is 88.7 cm³/mol. The number of ether oxygens (including phenoxy) is 1. The van der Waals surface area contributed by atoms with E-state index < -0.39 is 18.8 Å². The summed E-state index contributed by atoms with van der Waals surface area (Å²) in [5, 5.41) is 2.61. The van der Waals surface area contributed by atoms with Crippen molar-refractivity contribution in [1.82, 2.24) is 10.3 Å². The highest BCUT2D eigenvalue weighted by Gasteiger charge is 2.27. The van der Waals surface area contributed by atoms with Crippen LogP contribution in [0.1, 0.15) is 43.0 Å². The maximum Gasteiger partial charge on any atom is 0.411 e. The van der Waals surface area contributed by atoms with Gasteiger partial charge in [-0.3, -0.25) is 4.79 Å². The maximum absolute atomic E-state index is 12.1. The van der Waals surface area contributed by atoms with Crippen molar-refractivity contribution in [1.29, 1.82) is 0 Å². The van der Waals surface area contributed by atoms with E-state index in [1.807, 2.05) is 6.07 Å². The van der Waals surface area contributed by atoms with Crippen LogP contribution in [0.25, 0.3) is 0 Å². The lowest BCUT2D eigenvalue weighted by molar-refractivity contribution is -0.174. The highest BCUT2D eigenvalue weighted by molar-refractivity contribution is 5.94. The molecule has 1 amide bonds. The van der Waals surface area contributed by atoms with Crippen molar-refractivity contribution in [2.24, 2.45) is 0 Å². The number of aromatic nitrogens is 1. The zero-order valence-corrected chi connectivity index (χ0v) is 14.3. The maximum atomic E-state index is 12.1. The van der Waals surface area contributed by atoms with Crippen molar-refractivity contribution >= 4 is 11.7 Å². The molecule has 0 aliphatic carbocycles. The Labute approximate surface area is 145 Å². The highest BCUT2D eigenvalue weighted by atomic mass is 19.4. The molecule has 25 heavy (non-hydrogen) atoms. The molecule has 140 valence electrons. The van der Waals surface area contributed by atoms with Gasteiger partial charge in [0.1, 0.15) is 12.4 Å². The lowest BCUT2D eigenvalue weighted by Gasteiger charge is -2.21. The van der Waals surface area contributed by atoms with Gasteiger partial charge < -0.3 is 15.0 Å². The monoisotopic (exact) mass is 359 g/mol. The van der Waals surface area contributed by atoms with Crippen LogP contribution in [0.5, 0.6) is 0 Å². The van der Waals surface area contributed by atoms with E-state index >= 15 is 0 Å². The fourth-order valence-corrected chi connectivity index (χ4v) is 2.71. The third-order valence-corrected chi connectivity index (χ3v) is 3.95. The first-order chi connectivity index (χ1) is 11.8. The van der Waals surface area contributed by atoms with E-state index in [0.717, 1.165) is 31.7 Å². The van der Waals surface area contributed by atoms with Gasteiger partial charge in [0, 0.05) is 25.3 Å². The molecule has 1 fully saturated rings. The van der Waals surface area contributed by atoms with Gasteiger partial charge in [0.2, 0.25) is 0 Å². The molecule has 0 saturated carbocycles.